The van der Waals surface area contributed by atoms with Crippen LogP contribution in [0.15, 0.2) is 18.2 Å². The normalized spacial score (nSPS) is 18.6. The van der Waals surface area contributed by atoms with Gasteiger partial charge in [0.2, 0.25) is 0 Å². The van der Waals surface area contributed by atoms with Crippen LogP contribution in [0, 0.1) is 12.3 Å². The lowest BCUT2D eigenvalue weighted by atomic mass is 9.66. The first kappa shape index (κ1) is 11.0. The van der Waals surface area contributed by atoms with E-state index in [0.29, 0.717) is 6.61 Å². The van der Waals surface area contributed by atoms with E-state index < -0.39 is 0 Å². The van der Waals surface area contributed by atoms with Crippen LogP contribution in [0.25, 0.3) is 0 Å². The highest BCUT2D eigenvalue weighted by Crippen LogP contribution is 2.43. The molecule has 82 valence electrons. The van der Waals surface area contributed by atoms with Gasteiger partial charge >= 0.3 is 0 Å². The van der Waals surface area contributed by atoms with Gasteiger partial charge in [0.1, 0.15) is 0 Å². The van der Waals surface area contributed by atoms with E-state index in [1.165, 1.54) is 12.0 Å². The Labute approximate surface area is 96.1 Å². The van der Waals surface area contributed by atoms with Gasteiger partial charge in [-0.25, -0.2) is 0 Å². The van der Waals surface area contributed by atoms with Gasteiger partial charge in [0.15, 0.2) is 0 Å². The van der Waals surface area contributed by atoms with Gasteiger partial charge in [-0.2, -0.15) is 0 Å². The van der Waals surface area contributed by atoms with E-state index in [0.717, 1.165) is 29.8 Å². The van der Waals surface area contributed by atoms with Crippen molar-refractivity contribution in [2.75, 3.05) is 6.61 Å². The van der Waals surface area contributed by atoms with E-state index in [-0.39, 0.29) is 5.41 Å². The number of hydrogen-bond acceptors (Lipinski definition) is 1. The summed E-state index contributed by atoms with van der Waals surface area (Å²) in [7, 11) is 0. The quantitative estimate of drug-likeness (QED) is 0.835. The fourth-order valence-corrected chi connectivity index (χ4v) is 2.43. The van der Waals surface area contributed by atoms with Crippen LogP contribution < -0.4 is 0 Å². The first-order valence-electron chi connectivity index (χ1n) is 5.51. The SMILES string of the molecule is Cc1cc(CC2(CO)CCC2)ccc1Cl. The second-order valence-electron chi connectivity index (χ2n) is 4.77. The Morgan fingerprint density at radius 3 is 2.60 bits per heavy atom. The van der Waals surface area contributed by atoms with Gasteiger partial charge in [-0.3, -0.25) is 0 Å². The summed E-state index contributed by atoms with van der Waals surface area (Å²) < 4.78 is 0. The molecule has 0 amide bonds. The van der Waals surface area contributed by atoms with Crippen LogP contribution in [0.5, 0.6) is 0 Å². The highest BCUT2D eigenvalue weighted by atomic mass is 35.5. The van der Waals surface area contributed by atoms with Crippen LogP contribution in [-0.4, -0.2) is 11.7 Å². The number of halogens is 1. The second kappa shape index (κ2) is 4.15. The van der Waals surface area contributed by atoms with Gasteiger partial charge in [0.25, 0.3) is 0 Å². The zero-order chi connectivity index (χ0) is 10.9. The van der Waals surface area contributed by atoms with E-state index in [9.17, 15) is 5.11 Å². The van der Waals surface area contributed by atoms with Crippen molar-refractivity contribution in [3.8, 4) is 0 Å². The smallest absolute Gasteiger partial charge is 0.0490 e. The summed E-state index contributed by atoms with van der Waals surface area (Å²) in [5.74, 6) is 0. The Hall–Kier alpha value is -0.530. The summed E-state index contributed by atoms with van der Waals surface area (Å²) in [5, 5.41) is 10.2. The molecule has 1 aliphatic rings. The molecule has 0 heterocycles. The third-order valence-electron chi connectivity index (χ3n) is 3.55. The number of rotatable bonds is 3. The van der Waals surface area contributed by atoms with Gasteiger partial charge in [0.05, 0.1) is 0 Å². The molecule has 0 bridgehead atoms. The molecule has 0 aromatic heterocycles. The second-order valence-corrected chi connectivity index (χ2v) is 5.18. The van der Waals surface area contributed by atoms with Crippen LogP contribution in [0.1, 0.15) is 30.4 Å². The van der Waals surface area contributed by atoms with E-state index in [1.807, 2.05) is 13.0 Å². The molecule has 0 radical (unpaired) electrons. The van der Waals surface area contributed by atoms with E-state index in [2.05, 4.69) is 12.1 Å². The van der Waals surface area contributed by atoms with Crippen LogP contribution in [-0.2, 0) is 6.42 Å². The van der Waals surface area contributed by atoms with Crippen molar-refractivity contribution >= 4 is 11.6 Å². The van der Waals surface area contributed by atoms with Crippen LogP contribution >= 0.6 is 11.6 Å². The fraction of sp³-hybridized carbons (Fsp3) is 0.538. The highest BCUT2D eigenvalue weighted by Gasteiger charge is 2.36. The zero-order valence-electron chi connectivity index (χ0n) is 9.09. The van der Waals surface area contributed by atoms with Gasteiger partial charge in [-0.1, -0.05) is 30.2 Å². The van der Waals surface area contributed by atoms with Crippen molar-refractivity contribution in [3.63, 3.8) is 0 Å². The summed E-state index contributed by atoms with van der Waals surface area (Å²) in [6.45, 7) is 2.34. The number of aliphatic hydroxyl groups is 1. The topological polar surface area (TPSA) is 20.2 Å². The van der Waals surface area contributed by atoms with Crippen molar-refractivity contribution in [2.45, 2.75) is 32.6 Å². The summed E-state index contributed by atoms with van der Waals surface area (Å²) in [6.07, 6.45) is 4.56. The monoisotopic (exact) mass is 224 g/mol. The van der Waals surface area contributed by atoms with Gasteiger partial charge in [-0.05, 0) is 48.8 Å². The number of hydrogen-bond donors (Lipinski definition) is 1. The van der Waals surface area contributed by atoms with Gasteiger partial charge in [-0.15, -0.1) is 0 Å². The minimum Gasteiger partial charge on any atom is -0.396 e. The molecule has 1 nitrogen and oxygen atoms in total. The van der Waals surface area contributed by atoms with Crippen molar-refractivity contribution in [3.05, 3.63) is 34.3 Å². The molecule has 0 spiro atoms. The third kappa shape index (κ3) is 2.19. The van der Waals surface area contributed by atoms with Crippen molar-refractivity contribution in [2.24, 2.45) is 5.41 Å². The molecule has 0 saturated heterocycles. The Bertz CT molecular complexity index is 350. The van der Waals surface area contributed by atoms with E-state index >= 15 is 0 Å². The molecule has 2 rings (SSSR count). The first-order valence-corrected chi connectivity index (χ1v) is 5.89. The molecule has 2 heteroatoms. The van der Waals surface area contributed by atoms with Gasteiger partial charge in [0, 0.05) is 11.6 Å². The molecule has 0 aliphatic heterocycles. The van der Waals surface area contributed by atoms with Crippen LogP contribution in [0.3, 0.4) is 0 Å². The average Bonchev–Trinajstić information content (AvgIpc) is 2.17. The molecule has 1 saturated carbocycles. The minimum atomic E-state index is 0.167. The molecule has 15 heavy (non-hydrogen) atoms. The number of benzene rings is 1. The molecule has 1 aromatic rings. The first-order chi connectivity index (χ1) is 7.15. The summed E-state index contributed by atoms with van der Waals surface area (Å²) >= 11 is 5.98. The summed E-state index contributed by atoms with van der Waals surface area (Å²) in [6, 6.07) is 6.17. The highest BCUT2D eigenvalue weighted by molar-refractivity contribution is 6.31. The molecule has 1 aromatic carbocycles. The summed E-state index contributed by atoms with van der Waals surface area (Å²) in [4.78, 5) is 0. The Kier molecular flexibility index (Phi) is 3.03. The molecule has 1 N–H and O–H groups in total. The average molecular weight is 225 g/mol. The van der Waals surface area contributed by atoms with E-state index in [1.54, 1.807) is 0 Å². The van der Waals surface area contributed by atoms with Crippen molar-refractivity contribution in [1.82, 2.24) is 0 Å². The van der Waals surface area contributed by atoms with Gasteiger partial charge < -0.3 is 5.11 Å². The maximum atomic E-state index is 9.40. The fourth-order valence-electron chi connectivity index (χ4n) is 2.32. The molecule has 1 fully saturated rings. The van der Waals surface area contributed by atoms with E-state index in [4.69, 9.17) is 11.6 Å². The zero-order valence-corrected chi connectivity index (χ0v) is 9.85. The Balaban J connectivity index is 2.13. The lowest BCUT2D eigenvalue weighted by Crippen LogP contribution is -2.35. The van der Waals surface area contributed by atoms with Crippen molar-refractivity contribution < 1.29 is 5.11 Å². The molecular weight excluding hydrogens is 208 g/mol. The number of aliphatic hydroxyl groups excluding tert-OH is 1. The minimum absolute atomic E-state index is 0.167. The standard InChI is InChI=1S/C13H17ClO/c1-10-7-11(3-4-12(10)14)8-13(9-15)5-2-6-13/h3-4,7,15H,2,5-6,8-9H2,1H3. The molecule has 0 unspecified atom stereocenters. The third-order valence-corrected chi connectivity index (χ3v) is 3.98. The maximum Gasteiger partial charge on any atom is 0.0490 e. The maximum absolute atomic E-state index is 9.40. The predicted molar refractivity (Wildman–Crippen MR) is 63.3 cm³/mol. The van der Waals surface area contributed by atoms with Crippen LogP contribution in [0.2, 0.25) is 5.02 Å². The Morgan fingerprint density at radius 1 is 1.40 bits per heavy atom. The lowest BCUT2D eigenvalue weighted by Gasteiger charge is -2.40. The lowest BCUT2D eigenvalue weighted by molar-refractivity contribution is 0.0450. The predicted octanol–water partition coefficient (Wildman–Crippen LogP) is 3.35. The molecular formula is C13H17ClO. The molecule has 1 aliphatic carbocycles. The Morgan fingerprint density at radius 2 is 2.13 bits per heavy atom. The summed E-state index contributed by atoms with van der Waals surface area (Å²) in [5.41, 5.74) is 2.59. The van der Waals surface area contributed by atoms with Crippen molar-refractivity contribution in [1.29, 1.82) is 0 Å². The number of aryl methyl sites for hydroxylation is 1. The molecule has 0 atom stereocenters. The van der Waals surface area contributed by atoms with Crippen LogP contribution in [0.4, 0.5) is 0 Å². The largest absolute Gasteiger partial charge is 0.396 e.